The molecule has 0 bridgehead atoms. The Kier molecular flexibility index (Phi) is 7.40. The number of hydrogen-bond donors (Lipinski definition) is 0. The fourth-order valence-electron chi connectivity index (χ4n) is 3.51. The smallest absolute Gasteiger partial charge is 0.123 e. The summed E-state index contributed by atoms with van der Waals surface area (Å²) in [7, 11) is 1.75. The lowest BCUT2D eigenvalue weighted by molar-refractivity contribution is 0.147. The van der Waals surface area contributed by atoms with Gasteiger partial charge in [-0.3, -0.25) is 4.90 Å². The van der Waals surface area contributed by atoms with E-state index in [1.54, 1.807) is 7.11 Å². The second-order valence-electron chi connectivity index (χ2n) is 7.16. The van der Waals surface area contributed by atoms with Gasteiger partial charge in [0, 0.05) is 51.3 Å². The van der Waals surface area contributed by atoms with Gasteiger partial charge in [0.1, 0.15) is 5.82 Å². The molecular formula is C24H29FN2O. The molecule has 2 aromatic carbocycles. The second kappa shape index (κ2) is 10.2. The molecule has 4 heteroatoms. The minimum atomic E-state index is -0.197. The standard InChI is InChI=1S/C24H29FN2O/c1-20(22-8-4-3-5-9-22)26(16-7-17-28-2)19-24-10-6-15-27(24)18-21-11-13-23(25)14-12-21/h3-6,8-15,20H,7,16-19H2,1-2H3. The van der Waals surface area contributed by atoms with Gasteiger partial charge < -0.3 is 9.30 Å². The van der Waals surface area contributed by atoms with E-state index in [4.69, 9.17) is 4.74 Å². The van der Waals surface area contributed by atoms with Crippen molar-refractivity contribution in [1.82, 2.24) is 9.47 Å². The Morgan fingerprint density at radius 1 is 1.00 bits per heavy atom. The number of nitrogens with zero attached hydrogens (tertiary/aromatic N) is 2. The van der Waals surface area contributed by atoms with Crippen LogP contribution in [0.1, 0.15) is 36.2 Å². The molecule has 1 aromatic heterocycles. The molecule has 3 aromatic rings. The van der Waals surface area contributed by atoms with Gasteiger partial charge in [-0.05, 0) is 48.7 Å². The maximum atomic E-state index is 13.2. The largest absolute Gasteiger partial charge is 0.385 e. The van der Waals surface area contributed by atoms with Gasteiger partial charge in [0.15, 0.2) is 0 Å². The molecule has 0 N–H and O–H groups in total. The highest BCUT2D eigenvalue weighted by atomic mass is 19.1. The van der Waals surface area contributed by atoms with Crippen molar-refractivity contribution >= 4 is 0 Å². The van der Waals surface area contributed by atoms with Crippen LogP contribution in [0.25, 0.3) is 0 Å². The molecule has 0 fully saturated rings. The van der Waals surface area contributed by atoms with Crippen molar-refractivity contribution in [2.45, 2.75) is 32.5 Å². The first-order valence-electron chi connectivity index (χ1n) is 9.84. The van der Waals surface area contributed by atoms with Crippen LogP contribution in [0.15, 0.2) is 72.9 Å². The molecule has 1 atom stereocenters. The van der Waals surface area contributed by atoms with Crippen LogP contribution in [0, 0.1) is 5.82 Å². The summed E-state index contributed by atoms with van der Waals surface area (Å²) in [5.74, 6) is -0.197. The highest BCUT2D eigenvalue weighted by Gasteiger charge is 2.17. The van der Waals surface area contributed by atoms with E-state index in [-0.39, 0.29) is 5.82 Å². The van der Waals surface area contributed by atoms with Gasteiger partial charge in [-0.15, -0.1) is 0 Å². The van der Waals surface area contributed by atoms with E-state index in [0.717, 1.165) is 38.2 Å². The number of rotatable bonds is 10. The molecule has 3 nitrogen and oxygen atoms in total. The normalized spacial score (nSPS) is 12.4. The topological polar surface area (TPSA) is 17.4 Å². The third-order valence-corrected chi connectivity index (χ3v) is 5.18. The third kappa shape index (κ3) is 5.54. The van der Waals surface area contributed by atoms with E-state index < -0.39 is 0 Å². The summed E-state index contributed by atoms with van der Waals surface area (Å²) in [6, 6.07) is 21.9. The Balaban J connectivity index is 1.75. The number of halogens is 1. The van der Waals surface area contributed by atoms with Crippen molar-refractivity contribution in [3.05, 3.63) is 95.6 Å². The Hall–Kier alpha value is -2.43. The fourth-order valence-corrected chi connectivity index (χ4v) is 3.51. The number of hydrogen-bond acceptors (Lipinski definition) is 2. The lowest BCUT2D eigenvalue weighted by Crippen LogP contribution is -2.29. The third-order valence-electron chi connectivity index (χ3n) is 5.18. The van der Waals surface area contributed by atoms with E-state index >= 15 is 0 Å². The molecule has 0 aliphatic carbocycles. The van der Waals surface area contributed by atoms with Crippen molar-refractivity contribution in [3.63, 3.8) is 0 Å². The van der Waals surface area contributed by atoms with Crippen molar-refractivity contribution in [2.24, 2.45) is 0 Å². The van der Waals surface area contributed by atoms with E-state index in [0.29, 0.717) is 6.04 Å². The van der Waals surface area contributed by atoms with Crippen LogP contribution in [0.5, 0.6) is 0 Å². The first-order chi connectivity index (χ1) is 13.7. The number of methoxy groups -OCH3 is 1. The highest BCUT2D eigenvalue weighted by molar-refractivity contribution is 5.20. The van der Waals surface area contributed by atoms with Gasteiger partial charge in [0.25, 0.3) is 0 Å². The maximum Gasteiger partial charge on any atom is 0.123 e. The summed E-state index contributed by atoms with van der Waals surface area (Å²) in [5, 5.41) is 0. The predicted octanol–water partition coefficient (Wildman–Crippen LogP) is 5.28. The molecule has 0 radical (unpaired) electrons. The number of ether oxygens (including phenoxy) is 1. The van der Waals surface area contributed by atoms with Crippen LogP contribution in [-0.2, 0) is 17.8 Å². The van der Waals surface area contributed by atoms with Gasteiger partial charge in [0.2, 0.25) is 0 Å². The van der Waals surface area contributed by atoms with Gasteiger partial charge in [-0.25, -0.2) is 4.39 Å². The highest BCUT2D eigenvalue weighted by Crippen LogP contribution is 2.23. The first kappa shape index (κ1) is 20.3. The Labute approximate surface area is 167 Å². The zero-order chi connectivity index (χ0) is 19.8. The molecule has 3 rings (SSSR count). The van der Waals surface area contributed by atoms with Crippen LogP contribution in [0.3, 0.4) is 0 Å². The Morgan fingerprint density at radius 3 is 2.46 bits per heavy atom. The van der Waals surface area contributed by atoms with Crippen molar-refractivity contribution in [1.29, 1.82) is 0 Å². The van der Waals surface area contributed by atoms with Gasteiger partial charge in [0.05, 0.1) is 0 Å². The quantitative estimate of drug-likeness (QED) is 0.446. The first-order valence-corrected chi connectivity index (χ1v) is 9.84. The minimum Gasteiger partial charge on any atom is -0.385 e. The van der Waals surface area contributed by atoms with Crippen LogP contribution >= 0.6 is 0 Å². The molecule has 0 saturated heterocycles. The lowest BCUT2D eigenvalue weighted by atomic mass is 10.1. The Morgan fingerprint density at radius 2 is 1.75 bits per heavy atom. The van der Waals surface area contributed by atoms with Gasteiger partial charge in [-0.2, -0.15) is 0 Å². The zero-order valence-corrected chi connectivity index (χ0v) is 16.7. The van der Waals surface area contributed by atoms with Crippen molar-refractivity contribution < 1.29 is 9.13 Å². The van der Waals surface area contributed by atoms with Crippen LogP contribution in [-0.4, -0.2) is 29.7 Å². The van der Waals surface area contributed by atoms with Gasteiger partial charge in [-0.1, -0.05) is 42.5 Å². The summed E-state index contributed by atoms with van der Waals surface area (Å²) in [6.45, 7) is 5.58. The number of benzene rings is 2. The lowest BCUT2D eigenvalue weighted by Gasteiger charge is -2.30. The summed E-state index contributed by atoms with van der Waals surface area (Å²) >= 11 is 0. The molecule has 28 heavy (non-hydrogen) atoms. The summed E-state index contributed by atoms with van der Waals surface area (Å²) < 4.78 is 20.7. The maximum absolute atomic E-state index is 13.2. The monoisotopic (exact) mass is 380 g/mol. The molecule has 0 spiro atoms. The molecule has 0 aliphatic heterocycles. The number of aromatic nitrogens is 1. The molecule has 0 aliphatic rings. The van der Waals surface area contributed by atoms with E-state index in [1.165, 1.54) is 23.4 Å². The summed E-state index contributed by atoms with van der Waals surface area (Å²) in [6.07, 6.45) is 3.09. The zero-order valence-electron chi connectivity index (χ0n) is 16.7. The van der Waals surface area contributed by atoms with Crippen molar-refractivity contribution in [3.8, 4) is 0 Å². The van der Waals surface area contributed by atoms with Crippen LogP contribution in [0.2, 0.25) is 0 Å². The molecule has 148 valence electrons. The van der Waals surface area contributed by atoms with E-state index in [1.807, 2.05) is 12.1 Å². The second-order valence-corrected chi connectivity index (χ2v) is 7.16. The minimum absolute atomic E-state index is 0.197. The average molecular weight is 381 g/mol. The molecule has 1 unspecified atom stereocenters. The van der Waals surface area contributed by atoms with E-state index in [9.17, 15) is 4.39 Å². The molecular weight excluding hydrogens is 351 g/mol. The van der Waals surface area contributed by atoms with Crippen LogP contribution < -0.4 is 0 Å². The molecule has 0 amide bonds. The predicted molar refractivity (Wildman–Crippen MR) is 112 cm³/mol. The fraction of sp³-hybridized carbons (Fsp3) is 0.333. The summed E-state index contributed by atoms with van der Waals surface area (Å²) in [5.41, 5.74) is 3.67. The van der Waals surface area contributed by atoms with Crippen molar-refractivity contribution in [2.75, 3.05) is 20.3 Å². The summed E-state index contributed by atoms with van der Waals surface area (Å²) in [4.78, 5) is 2.49. The van der Waals surface area contributed by atoms with Gasteiger partial charge >= 0.3 is 0 Å². The Bertz CT molecular complexity index is 829. The molecule has 0 saturated carbocycles. The SMILES string of the molecule is COCCCN(Cc1cccn1Cc1ccc(F)cc1)C(C)c1ccccc1. The average Bonchev–Trinajstić information content (AvgIpc) is 3.16. The molecule has 1 heterocycles. The van der Waals surface area contributed by atoms with E-state index in [2.05, 4.69) is 65.1 Å². The van der Waals surface area contributed by atoms with Crippen LogP contribution in [0.4, 0.5) is 4.39 Å².